The summed E-state index contributed by atoms with van der Waals surface area (Å²) in [5.41, 5.74) is 0.225. The van der Waals surface area contributed by atoms with E-state index in [0.717, 1.165) is 18.9 Å². The normalized spacial score (nSPS) is 14.4. The number of hydrogen-bond donors (Lipinski definition) is 2. The Morgan fingerprint density at radius 3 is 3.40 bits per heavy atom. The van der Waals surface area contributed by atoms with Crippen molar-refractivity contribution in [1.82, 2.24) is 14.8 Å². The SMILES string of the molecule is N=c1nncc2n1CCN2. The van der Waals surface area contributed by atoms with Crippen molar-refractivity contribution in [1.29, 1.82) is 5.41 Å². The fraction of sp³-hybridized carbons (Fsp3) is 0.400. The Morgan fingerprint density at radius 2 is 2.60 bits per heavy atom. The summed E-state index contributed by atoms with van der Waals surface area (Å²) in [6, 6.07) is 0. The molecule has 5 nitrogen and oxygen atoms in total. The number of aromatic nitrogens is 3. The zero-order chi connectivity index (χ0) is 6.97. The van der Waals surface area contributed by atoms with Crippen molar-refractivity contribution in [2.75, 3.05) is 11.9 Å². The molecule has 0 aliphatic carbocycles. The molecule has 0 bridgehead atoms. The molecule has 0 saturated carbocycles. The van der Waals surface area contributed by atoms with Gasteiger partial charge in [-0.25, -0.2) is 0 Å². The summed E-state index contributed by atoms with van der Waals surface area (Å²) in [4.78, 5) is 0. The molecule has 0 fully saturated rings. The van der Waals surface area contributed by atoms with E-state index in [2.05, 4.69) is 15.5 Å². The zero-order valence-corrected chi connectivity index (χ0v) is 5.33. The molecule has 2 heterocycles. The predicted octanol–water partition coefficient (Wildman–Crippen LogP) is -0.817. The molecule has 1 aromatic heterocycles. The van der Waals surface area contributed by atoms with E-state index in [-0.39, 0.29) is 5.62 Å². The number of nitrogens with one attached hydrogen (secondary N) is 2. The lowest BCUT2D eigenvalue weighted by Crippen LogP contribution is -2.21. The standard InChI is InChI=1S/C5H7N5/c6-5-9-8-3-4-7-1-2-10(4)5/h3,6-7H,1-2H2. The summed E-state index contributed by atoms with van der Waals surface area (Å²) in [7, 11) is 0. The molecule has 2 N–H and O–H groups in total. The number of anilines is 1. The van der Waals surface area contributed by atoms with E-state index in [1.807, 2.05) is 0 Å². The summed E-state index contributed by atoms with van der Waals surface area (Å²) < 4.78 is 1.78. The van der Waals surface area contributed by atoms with Crippen molar-refractivity contribution in [2.24, 2.45) is 0 Å². The second kappa shape index (κ2) is 1.80. The van der Waals surface area contributed by atoms with Gasteiger partial charge in [0, 0.05) is 13.1 Å². The molecule has 0 atom stereocenters. The van der Waals surface area contributed by atoms with Crippen LogP contribution in [-0.4, -0.2) is 21.3 Å². The van der Waals surface area contributed by atoms with Crippen molar-refractivity contribution in [3.63, 3.8) is 0 Å². The summed E-state index contributed by atoms with van der Waals surface area (Å²) >= 11 is 0. The molecular weight excluding hydrogens is 130 g/mol. The van der Waals surface area contributed by atoms with Gasteiger partial charge in [-0.2, -0.15) is 5.10 Å². The molecule has 2 rings (SSSR count). The van der Waals surface area contributed by atoms with Gasteiger partial charge in [-0.1, -0.05) is 0 Å². The Hall–Kier alpha value is -1.39. The number of nitrogens with zero attached hydrogens (tertiary/aromatic N) is 3. The summed E-state index contributed by atoms with van der Waals surface area (Å²) in [5.74, 6) is 0.889. The van der Waals surface area contributed by atoms with Crippen LogP contribution in [0.25, 0.3) is 0 Å². The first-order valence-electron chi connectivity index (χ1n) is 3.09. The molecule has 0 saturated heterocycles. The highest BCUT2D eigenvalue weighted by Gasteiger charge is 2.07. The minimum atomic E-state index is 0.225. The maximum atomic E-state index is 7.30. The van der Waals surface area contributed by atoms with Crippen molar-refractivity contribution >= 4 is 5.82 Å². The van der Waals surface area contributed by atoms with E-state index < -0.39 is 0 Å². The number of hydrogen-bond acceptors (Lipinski definition) is 4. The van der Waals surface area contributed by atoms with Gasteiger partial charge in [0.25, 0.3) is 0 Å². The van der Waals surface area contributed by atoms with Crippen LogP contribution in [0, 0.1) is 5.41 Å². The highest BCUT2D eigenvalue weighted by Crippen LogP contribution is 2.05. The second-order valence-corrected chi connectivity index (χ2v) is 2.13. The molecule has 1 aromatic rings. The number of fused-ring (bicyclic) bond motifs is 1. The third-order valence-corrected chi connectivity index (χ3v) is 1.52. The molecule has 10 heavy (non-hydrogen) atoms. The highest BCUT2D eigenvalue weighted by molar-refractivity contribution is 5.34. The average Bonchev–Trinajstić information content (AvgIpc) is 2.36. The molecule has 0 spiro atoms. The zero-order valence-electron chi connectivity index (χ0n) is 5.33. The van der Waals surface area contributed by atoms with E-state index in [9.17, 15) is 0 Å². The highest BCUT2D eigenvalue weighted by atomic mass is 15.3. The maximum absolute atomic E-state index is 7.30. The summed E-state index contributed by atoms with van der Waals surface area (Å²) in [5, 5.41) is 17.6. The van der Waals surface area contributed by atoms with Crippen LogP contribution in [-0.2, 0) is 6.54 Å². The molecular formula is C5H7N5. The molecule has 0 unspecified atom stereocenters. The van der Waals surface area contributed by atoms with Crippen LogP contribution in [0.2, 0.25) is 0 Å². The van der Waals surface area contributed by atoms with Gasteiger partial charge in [-0.15, -0.1) is 5.10 Å². The largest absolute Gasteiger partial charge is 0.368 e. The fourth-order valence-electron chi connectivity index (χ4n) is 1.04. The first-order valence-corrected chi connectivity index (χ1v) is 3.09. The minimum absolute atomic E-state index is 0.225. The van der Waals surface area contributed by atoms with Crippen LogP contribution in [0.1, 0.15) is 0 Å². The van der Waals surface area contributed by atoms with E-state index in [1.54, 1.807) is 10.8 Å². The van der Waals surface area contributed by atoms with Gasteiger partial charge in [-0.05, 0) is 0 Å². The first kappa shape index (κ1) is 5.40. The molecule has 1 aliphatic rings. The van der Waals surface area contributed by atoms with Gasteiger partial charge < -0.3 is 5.32 Å². The van der Waals surface area contributed by atoms with Gasteiger partial charge in [0.1, 0.15) is 5.82 Å². The molecule has 0 amide bonds. The van der Waals surface area contributed by atoms with Gasteiger partial charge >= 0.3 is 0 Å². The van der Waals surface area contributed by atoms with Crippen molar-refractivity contribution < 1.29 is 0 Å². The predicted molar refractivity (Wildman–Crippen MR) is 34.4 cm³/mol. The van der Waals surface area contributed by atoms with E-state index >= 15 is 0 Å². The second-order valence-electron chi connectivity index (χ2n) is 2.13. The van der Waals surface area contributed by atoms with E-state index in [4.69, 9.17) is 5.41 Å². The van der Waals surface area contributed by atoms with Crippen LogP contribution in [0.3, 0.4) is 0 Å². The number of rotatable bonds is 0. The lowest BCUT2D eigenvalue weighted by Gasteiger charge is -1.97. The smallest absolute Gasteiger partial charge is 0.243 e. The Labute approximate surface area is 57.2 Å². The topological polar surface area (TPSA) is 66.6 Å². The average molecular weight is 137 g/mol. The third-order valence-electron chi connectivity index (χ3n) is 1.52. The molecule has 0 radical (unpaired) electrons. The fourth-order valence-corrected chi connectivity index (χ4v) is 1.04. The first-order chi connectivity index (χ1) is 4.88. The van der Waals surface area contributed by atoms with Gasteiger partial charge in [0.2, 0.25) is 5.62 Å². The van der Waals surface area contributed by atoms with E-state index in [0.29, 0.717) is 0 Å². The Kier molecular flexibility index (Phi) is 0.969. The van der Waals surface area contributed by atoms with Crippen LogP contribution < -0.4 is 10.9 Å². The van der Waals surface area contributed by atoms with Crippen LogP contribution in [0.4, 0.5) is 5.82 Å². The summed E-state index contributed by atoms with van der Waals surface area (Å²) in [6.07, 6.45) is 1.63. The molecule has 0 aromatic carbocycles. The molecule has 1 aliphatic heterocycles. The van der Waals surface area contributed by atoms with Gasteiger partial charge in [0.05, 0.1) is 6.20 Å². The van der Waals surface area contributed by atoms with Crippen molar-refractivity contribution in [3.8, 4) is 0 Å². The van der Waals surface area contributed by atoms with Crippen LogP contribution >= 0.6 is 0 Å². The van der Waals surface area contributed by atoms with Gasteiger partial charge in [0.15, 0.2) is 0 Å². The Balaban J connectivity index is 2.70. The Morgan fingerprint density at radius 1 is 1.70 bits per heavy atom. The lowest BCUT2D eigenvalue weighted by molar-refractivity contribution is 0.680. The van der Waals surface area contributed by atoms with Crippen molar-refractivity contribution in [3.05, 3.63) is 11.8 Å². The molecule has 52 valence electrons. The third kappa shape index (κ3) is 0.601. The monoisotopic (exact) mass is 137 g/mol. The van der Waals surface area contributed by atoms with E-state index in [1.165, 1.54) is 0 Å². The van der Waals surface area contributed by atoms with Crippen LogP contribution in [0.15, 0.2) is 6.20 Å². The van der Waals surface area contributed by atoms with Crippen molar-refractivity contribution in [2.45, 2.75) is 6.54 Å². The lowest BCUT2D eigenvalue weighted by atomic mass is 10.7. The quantitative estimate of drug-likeness (QED) is 0.491. The Bertz CT molecular complexity index is 301. The van der Waals surface area contributed by atoms with Crippen LogP contribution in [0.5, 0.6) is 0 Å². The molecule has 5 heteroatoms. The maximum Gasteiger partial charge on any atom is 0.243 e. The summed E-state index contributed by atoms with van der Waals surface area (Å²) in [6.45, 7) is 1.70. The van der Waals surface area contributed by atoms with Gasteiger partial charge in [-0.3, -0.25) is 9.98 Å². The minimum Gasteiger partial charge on any atom is -0.368 e.